The van der Waals surface area contributed by atoms with E-state index in [9.17, 15) is 8.42 Å². The first kappa shape index (κ1) is 15.5. The summed E-state index contributed by atoms with van der Waals surface area (Å²) in [6.07, 6.45) is 1.69. The average molecular weight is 316 g/mol. The SMILES string of the molecule is CCS(=O)(=O)C1CSCCN1c1ncc(CN)c(C)n1. The third kappa shape index (κ3) is 3.07. The van der Waals surface area contributed by atoms with Gasteiger partial charge in [0.2, 0.25) is 5.95 Å². The van der Waals surface area contributed by atoms with Crippen molar-refractivity contribution >= 4 is 27.5 Å². The molecule has 2 heterocycles. The molecule has 0 aliphatic carbocycles. The molecule has 1 aliphatic rings. The van der Waals surface area contributed by atoms with Crippen molar-refractivity contribution in [3.8, 4) is 0 Å². The van der Waals surface area contributed by atoms with Gasteiger partial charge >= 0.3 is 0 Å². The number of nitrogens with two attached hydrogens (primary N) is 1. The smallest absolute Gasteiger partial charge is 0.226 e. The van der Waals surface area contributed by atoms with Crippen molar-refractivity contribution < 1.29 is 8.42 Å². The van der Waals surface area contributed by atoms with E-state index in [-0.39, 0.29) is 5.75 Å². The minimum atomic E-state index is -3.15. The van der Waals surface area contributed by atoms with Crippen molar-refractivity contribution in [2.45, 2.75) is 25.8 Å². The highest BCUT2D eigenvalue weighted by Gasteiger charge is 2.34. The summed E-state index contributed by atoms with van der Waals surface area (Å²) in [7, 11) is -3.15. The minimum Gasteiger partial charge on any atom is -0.326 e. The molecule has 1 unspecified atom stereocenters. The van der Waals surface area contributed by atoms with Gasteiger partial charge in [0.15, 0.2) is 9.84 Å². The first-order valence-electron chi connectivity index (χ1n) is 6.58. The fraction of sp³-hybridized carbons (Fsp3) is 0.667. The molecular formula is C12H20N4O2S2. The number of rotatable bonds is 4. The zero-order valence-electron chi connectivity index (χ0n) is 11.7. The number of anilines is 1. The molecule has 1 aliphatic heterocycles. The van der Waals surface area contributed by atoms with E-state index >= 15 is 0 Å². The Balaban J connectivity index is 2.35. The molecule has 20 heavy (non-hydrogen) atoms. The molecule has 0 amide bonds. The molecule has 2 rings (SSSR count). The Kier molecular flexibility index (Phi) is 4.87. The highest BCUT2D eigenvalue weighted by atomic mass is 32.2. The fourth-order valence-corrected chi connectivity index (χ4v) is 5.08. The summed E-state index contributed by atoms with van der Waals surface area (Å²) in [4.78, 5) is 10.5. The Morgan fingerprint density at radius 2 is 2.30 bits per heavy atom. The molecule has 0 bridgehead atoms. The molecule has 1 atom stereocenters. The van der Waals surface area contributed by atoms with Gasteiger partial charge in [0.25, 0.3) is 0 Å². The van der Waals surface area contributed by atoms with Crippen LogP contribution in [-0.2, 0) is 16.4 Å². The van der Waals surface area contributed by atoms with Crippen molar-refractivity contribution in [1.82, 2.24) is 9.97 Å². The van der Waals surface area contributed by atoms with Gasteiger partial charge in [-0.3, -0.25) is 0 Å². The molecule has 0 radical (unpaired) electrons. The summed E-state index contributed by atoms with van der Waals surface area (Å²) in [5.74, 6) is 2.07. The van der Waals surface area contributed by atoms with Gasteiger partial charge in [-0.2, -0.15) is 11.8 Å². The molecular weight excluding hydrogens is 296 g/mol. The van der Waals surface area contributed by atoms with Gasteiger partial charge in [0.1, 0.15) is 5.37 Å². The number of sulfone groups is 1. The second-order valence-corrected chi connectivity index (χ2v) is 8.26. The Hall–Kier alpha value is -0.860. The van der Waals surface area contributed by atoms with E-state index in [0.29, 0.717) is 24.8 Å². The number of hydrogen-bond acceptors (Lipinski definition) is 7. The Bertz CT molecular complexity index is 577. The molecule has 0 aromatic carbocycles. The maximum atomic E-state index is 12.2. The van der Waals surface area contributed by atoms with Crippen molar-refractivity contribution in [2.24, 2.45) is 5.73 Å². The predicted octanol–water partition coefficient (Wildman–Crippen LogP) is 0.558. The topological polar surface area (TPSA) is 89.2 Å². The van der Waals surface area contributed by atoms with Crippen molar-refractivity contribution in [1.29, 1.82) is 0 Å². The molecule has 8 heteroatoms. The summed E-state index contributed by atoms with van der Waals surface area (Å²) < 4.78 is 24.4. The van der Waals surface area contributed by atoms with Crippen LogP contribution < -0.4 is 10.6 Å². The Morgan fingerprint density at radius 3 is 2.90 bits per heavy atom. The van der Waals surface area contributed by atoms with Crippen LogP contribution in [0.1, 0.15) is 18.2 Å². The van der Waals surface area contributed by atoms with Crippen LogP contribution in [0, 0.1) is 6.92 Å². The van der Waals surface area contributed by atoms with Crippen LogP contribution in [0.25, 0.3) is 0 Å². The molecule has 1 aromatic rings. The lowest BCUT2D eigenvalue weighted by atomic mass is 10.2. The van der Waals surface area contributed by atoms with Crippen LogP contribution in [0.3, 0.4) is 0 Å². The van der Waals surface area contributed by atoms with E-state index in [0.717, 1.165) is 17.0 Å². The maximum Gasteiger partial charge on any atom is 0.226 e. The van der Waals surface area contributed by atoms with E-state index < -0.39 is 15.2 Å². The first-order valence-corrected chi connectivity index (χ1v) is 9.45. The van der Waals surface area contributed by atoms with E-state index in [1.54, 1.807) is 24.9 Å². The fourth-order valence-electron chi connectivity index (χ4n) is 2.12. The van der Waals surface area contributed by atoms with Crippen LogP contribution >= 0.6 is 11.8 Å². The van der Waals surface area contributed by atoms with Crippen molar-refractivity contribution in [3.63, 3.8) is 0 Å². The lowest BCUT2D eigenvalue weighted by Gasteiger charge is -2.34. The molecule has 1 aromatic heterocycles. The molecule has 6 nitrogen and oxygen atoms in total. The quantitative estimate of drug-likeness (QED) is 0.868. The lowest BCUT2D eigenvalue weighted by Crippen LogP contribution is -2.48. The highest BCUT2D eigenvalue weighted by molar-refractivity contribution is 8.01. The molecule has 0 saturated carbocycles. The van der Waals surface area contributed by atoms with Gasteiger partial charge in [-0.25, -0.2) is 18.4 Å². The van der Waals surface area contributed by atoms with Gasteiger partial charge in [-0.15, -0.1) is 0 Å². The summed E-state index contributed by atoms with van der Waals surface area (Å²) in [6.45, 7) is 4.58. The van der Waals surface area contributed by atoms with Crippen LogP contribution in [0.2, 0.25) is 0 Å². The van der Waals surface area contributed by atoms with Gasteiger partial charge in [-0.1, -0.05) is 6.92 Å². The summed E-state index contributed by atoms with van der Waals surface area (Å²) >= 11 is 1.66. The zero-order valence-corrected chi connectivity index (χ0v) is 13.4. The summed E-state index contributed by atoms with van der Waals surface area (Å²) in [6, 6.07) is 0. The van der Waals surface area contributed by atoms with Crippen molar-refractivity contribution in [3.05, 3.63) is 17.5 Å². The van der Waals surface area contributed by atoms with Gasteiger partial charge in [-0.05, 0) is 6.92 Å². The largest absolute Gasteiger partial charge is 0.326 e. The van der Waals surface area contributed by atoms with E-state index in [1.165, 1.54) is 0 Å². The minimum absolute atomic E-state index is 0.134. The normalized spacial score (nSPS) is 20.1. The molecule has 1 fully saturated rings. The van der Waals surface area contributed by atoms with E-state index in [4.69, 9.17) is 5.73 Å². The van der Waals surface area contributed by atoms with Crippen molar-refractivity contribution in [2.75, 3.05) is 28.7 Å². The first-order chi connectivity index (χ1) is 9.49. The summed E-state index contributed by atoms with van der Waals surface area (Å²) in [5, 5.41) is -0.533. The predicted molar refractivity (Wildman–Crippen MR) is 82.6 cm³/mol. The molecule has 1 saturated heterocycles. The standard InChI is InChI=1S/C12H20N4O2S2/c1-3-20(17,18)11-8-19-5-4-16(11)12-14-7-10(6-13)9(2)15-12/h7,11H,3-6,8,13H2,1-2H3. The molecule has 2 N–H and O–H groups in total. The van der Waals surface area contributed by atoms with Crippen LogP contribution in [0.4, 0.5) is 5.95 Å². The van der Waals surface area contributed by atoms with E-state index in [1.807, 2.05) is 11.8 Å². The highest BCUT2D eigenvalue weighted by Crippen LogP contribution is 2.25. The van der Waals surface area contributed by atoms with Gasteiger partial charge < -0.3 is 10.6 Å². The van der Waals surface area contributed by atoms with Gasteiger partial charge in [0.05, 0.1) is 0 Å². The Labute approximate surface area is 124 Å². The number of nitrogens with zero attached hydrogens (tertiary/aromatic N) is 3. The summed E-state index contributed by atoms with van der Waals surface area (Å²) in [5.41, 5.74) is 7.30. The second kappa shape index (κ2) is 6.28. The zero-order chi connectivity index (χ0) is 14.8. The van der Waals surface area contributed by atoms with E-state index in [2.05, 4.69) is 9.97 Å². The second-order valence-electron chi connectivity index (χ2n) is 4.66. The third-order valence-corrected chi connectivity index (χ3v) is 6.74. The maximum absolute atomic E-state index is 12.2. The van der Waals surface area contributed by atoms with Gasteiger partial charge in [0, 0.05) is 47.8 Å². The number of aromatic nitrogens is 2. The number of thioether (sulfide) groups is 1. The van der Waals surface area contributed by atoms with Crippen LogP contribution in [0.5, 0.6) is 0 Å². The monoisotopic (exact) mass is 316 g/mol. The average Bonchev–Trinajstić information content (AvgIpc) is 2.47. The third-order valence-electron chi connectivity index (χ3n) is 3.45. The van der Waals surface area contributed by atoms with Crippen LogP contribution in [-0.4, -0.2) is 47.6 Å². The Morgan fingerprint density at radius 1 is 1.55 bits per heavy atom. The number of hydrogen-bond donors (Lipinski definition) is 1. The lowest BCUT2D eigenvalue weighted by molar-refractivity contribution is 0.577. The molecule has 0 spiro atoms. The van der Waals surface area contributed by atoms with Crippen LogP contribution in [0.15, 0.2) is 6.20 Å². The molecule has 112 valence electrons. The number of aryl methyl sites for hydroxylation is 1.